The van der Waals surface area contributed by atoms with E-state index >= 15 is 0 Å². The SMILES string of the molecule is CCCC1[C@H](c2ccccc2)Cc2c(ccc(O)c2O)[C@@H]1CN. The van der Waals surface area contributed by atoms with Crippen molar-refractivity contribution in [2.24, 2.45) is 11.7 Å². The van der Waals surface area contributed by atoms with Gasteiger partial charge in [0.25, 0.3) is 0 Å². The minimum atomic E-state index is -0.0414. The standard InChI is InChI=1S/C20H25NO2/c1-2-6-14-16(13-7-4-3-5-8-13)11-17-15(18(14)12-21)9-10-19(22)20(17)23/h3-5,7-10,14,16,18,22-23H,2,6,11-12,21H2,1H3/t14?,16-,18+/m0/s1. The van der Waals surface area contributed by atoms with Crippen LogP contribution in [0.5, 0.6) is 11.5 Å². The Hall–Kier alpha value is -2.00. The van der Waals surface area contributed by atoms with Crippen molar-refractivity contribution in [2.75, 3.05) is 6.54 Å². The summed E-state index contributed by atoms with van der Waals surface area (Å²) >= 11 is 0. The van der Waals surface area contributed by atoms with E-state index in [1.807, 2.05) is 12.1 Å². The predicted octanol–water partition coefficient (Wildman–Crippen LogP) is 3.90. The van der Waals surface area contributed by atoms with E-state index in [1.165, 1.54) is 5.56 Å². The largest absolute Gasteiger partial charge is 0.504 e. The second-order valence-corrected chi connectivity index (χ2v) is 6.52. The van der Waals surface area contributed by atoms with Gasteiger partial charge in [0.05, 0.1) is 0 Å². The molecule has 0 saturated heterocycles. The molecule has 0 bridgehead atoms. The van der Waals surface area contributed by atoms with Gasteiger partial charge in [-0.25, -0.2) is 0 Å². The van der Waals surface area contributed by atoms with Crippen LogP contribution in [0.1, 0.15) is 48.3 Å². The van der Waals surface area contributed by atoms with Crippen LogP contribution in [-0.2, 0) is 6.42 Å². The molecule has 0 radical (unpaired) electrons. The highest BCUT2D eigenvalue weighted by atomic mass is 16.3. The number of phenolic OH excluding ortho intramolecular Hbond substituents is 2. The van der Waals surface area contributed by atoms with Crippen molar-refractivity contribution < 1.29 is 10.2 Å². The zero-order chi connectivity index (χ0) is 16.4. The highest BCUT2D eigenvalue weighted by Crippen LogP contribution is 2.50. The highest BCUT2D eigenvalue weighted by Gasteiger charge is 2.37. The average Bonchev–Trinajstić information content (AvgIpc) is 2.59. The number of aromatic hydroxyl groups is 2. The summed E-state index contributed by atoms with van der Waals surface area (Å²) in [4.78, 5) is 0. The molecular weight excluding hydrogens is 286 g/mol. The summed E-state index contributed by atoms with van der Waals surface area (Å²) in [5.41, 5.74) is 9.38. The van der Waals surface area contributed by atoms with E-state index in [0.717, 1.165) is 30.4 Å². The van der Waals surface area contributed by atoms with E-state index in [1.54, 1.807) is 6.07 Å². The second-order valence-electron chi connectivity index (χ2n) is 6.52. The van der Waals surface area contributed by atoms with Gasteiger partial charge in [0.15, 0.2) is 11.5 Å². The zero-order valence-corrected chi connectivity index (χ0v) is 13.6. The van der Waals surface area contributed by atoms with Crippen LogP contribution in [0.2, 0.25) is 0 Å². The molecule has 3 rings (SSSR count). The maximum absolute atomic E-state index is 10.3. The first kappa shape index (κ1) is 15.9. The lowest BCUT2D eigenvalue weighted by atomic mass is 9.65. The van der Waals surface area contributed by atoms with Crippen molar-refractivity contribution in [1.82, 2.24) is 0 Å². The van der Waals surface area contributed by atoms with Crippen molar-refractivity contribution >= 4 is 0 Å². The molecule has 0 saturated carbocycles. The summed E-state index contributed by atoms with van der Waals surface area (Å²) in [5, 5.41) is 20.2. The summed E-state index contributed by atoms with van der Waals surface area (Å²) in [6, 6.07) is 14.0. The van der Waals surface area contributed by atoms with Gasteiger partial charge in [-0.3, -0.25) is 0 Å². The van der Waals surface area contributed by atoms with Crippen LogP contribution in [0.15, 0.2) is 42.5 Å². The molecule has 0 aromatic heterocycles. The monoisotopic (exact) mass is 311 g/mol. The minimum absolute atomic E-state index is 0.0248. The molecule has 0 aliphatic heterocycles. The van der Waals surface area contributed by atoms with Crippen LogP contribution in [-0.4, -0.2) is 16.8 Å². The van der Waals surface area contributed by atoms with Crippen LogP contribution in [0.4, 0.5) is 0 Å². The Morgan fingerprint density at radius 2 is 1.83 bits per heavy atom. The first-order valence-electron chi connectivity index (χ1n) is 8.46. The second kappa shape index (κ2) is 6.63. The fraction of sp³-hybridized carbons (Fsp3) is 0.400. The first-order chi connectivity index (χ1) is 11.2. The number of benzene rings is 2. The summed E-state index contributed by atoms with van der Waals surface area (Å²) in [6.45, 7) is 2.77. The molecule has 1 unspecified atom stereocenters. The maximum Gasteiger partial charge on any atom is 0.160 e. The Labute approximate surface area is 137 Å². The lowest BCUT2D eigenvalue weighted by Gasteiger charge is -2.40. The molecular formula is C20H25NO2. The molecule has 122 valence electrons. The summed E-state index contributed by atoms with van der Waals surface area (Å²) in [5.74, 6) is 0.987. The van der Waals surface area contributed by atoms with Crippen molar-refractivity contribution in [3.8, 4) is 11.5 Å². The third-order valence-corrected chi connectivity index (χ3v) is 5.26. The van der Waals surface area contributed by atoms with Gasteiger partial charge in [0.1, 0.15) is 0 Å². The van der Waals surface area contributed by atoms with Crippen molar-refractivity contribution in [1.29, 1.82) is 0 Å². The summed E-state index contributed by atoms with van der Waals surface area (Å²) in [7, 11) is 0. The van der Waals surface area contributed by atoms with Gasteiger partial charge in [0.2, 0.25) is 0 Å². The van der Waals surface area contributed by atoms with Gasteiger partial charge < -0.3 is 15.9 Å². The minimum Gasteiger partial charge on any atom is -0.504 e. The van der Waals surface area contributed by atoms with E-state index in [-0.39, 0.29) is 17.4 Å². The topological polar surface area (TPSA) is 66.5 Å². The molecule has 0 heterocycles. The number of rotatable bonds is 4. The molecule has 2 aromatic rings. The molecule has 0 spiro atoms. The van der Waals surface area contributed by atoms with Gasteiger partial charge in [-0.1, -0.05) is 49.7 Å². The highest BCUT2D eigenvalue weighted by molar-refractivity contribution is 5.53. The van der Waals surface area contributed by atoms with Gasteiger partial charge in [-0.05, 0) is 54.3 Å². The van der Waals surface area contributed by atoms with Crippen LogP contribution in [0.3, 0.4) is 0 Å². The smallest absolute Gasteiger partial charge is 0.160 e. The van der Waals surface area contributed by atoms with Crippen molar-refractivity contribution in [3.63, 3.8) is 0 Å². The van der Waals surface area contributed by atoms with Crippen molar-refractivity contribution in [2.45, 2.75) is 38.0 Å². The first-order valence-corrected chi connectivity index (χ1v) is 8.46. The van der Waals surface area contributed by atoms with E-state index in [2.05, 4.69) is 31.2 Å². The number of hydrogen-bond donors (Lipinski definition) is 3. The molecule has 3 nitrogen and oxygen atoms in total. The molecule has 1 aliphatic rings. The van der Waals surface area contributed by atoms with E-state index in [4.69, 9.17) is 5.73 Å². The Morgan fingerprint density at radius 1 is 1.09 bits per heavy atom. The maximum atomic E-state index is 10.3. The van der Waals surface area contributed by atoms with E-state index in [9.17, 15) is 10.2 Å². The zero-order valence-electron chi connectivity index (χ0n) is 13.6. The third-order valence-electron chi connectivity index (χ3n) is 5.26. The fourth-order valence-corrected chi connectivity index (χ4v) is 4.19. The predicted molar refractivity (Wildman–Crippen MR) is 92.9 cm³/mol. The Balaban J connectivity index is 2.11. The quantitative estimate of drug-likeness (QED) is 0.750. The Morgan fingerprint density at radius 3 is 2.48 bits per heavy atom. The lowest BCUT2D eigenvalue weighted by molar-refractivity contribution is 0.297. The molecule has 0 fully saturated rings. The average molecular weight is 311 g/mol. The Kier molecular flexibility index (Phi) is 4.58. The molecule has 3 heteroatoms. The molecule has 2 aromatic carbocycles. The Bertz CT molecular complexity index is 669. The molecule has 3 atom stereocenters. The van der Waals surface area contributed by atoms with Crippen LogP contribution in [0.25, 0.3) is 0 Å². The molecule has 23 heavy (non-hydrogen) atoms. The third kappa shape index (κ3) is 2.81. The molecule has 0 amide bonds. The fourth-order valence-electron chi connectivity index (χ4n) is 4.19. The number of hydrogen-bond acceptors (Lipinski definition) is 3. The number of phenols is 2. The van der Waals surface area contributed by atoms with Gasteiger partial charge in [0, 0.05) is 5.56 Å². The molecule has 4 N–H and O–H groups in total. The number of nitrogens with two attached hydrogens (primary N) is 1. The normalized spacial score (nSPS) is 23.5. The van der Waals surface area contributed by atoms with Crippen LogP contribution < -0.4 is 5.73 Å². The molecule has 1 aliphatic carbocycles. The summed E-state index contributed by atoms with van der Waals surface area (Å²) in [6.07, 6.45) is 2.98. The van der Waals surface area contributed by atoms with E-state index < -0.39 is 0 Å². The van der Waals surface area contributed by atoms with E-state index in [0.29, 0.717) is 18.4 Å². The van der Waals surface area contributed by atoms with Crippen molar-refractivity contribution in [3.05, 3.63) is 59.2 Å². The van der Waals surface area contributed by atoms with Gasteiger partial charge >= 0.3 is 0 Å². The van der Waals surface area contributed by atoms with Gasteiger partial charge in [-0.2, -0.15) is 0 Å². The van der Waals surface area contributed by atoms with Crippen LogP contribution in [0, 0.1) is 5.92 Å². The summed E-state index contributed by atoms with van der Waals surface area (Å²) < 4.78 is 0. The van der Waals surface area contributed by atoms with Gasteiger partial charge in [-0.15, -0.1) is 0 Å². The number of fused-ring (bicyclic) bond motifs is 1. The van der Waals surface area contributed by atoms with Crippen LogP contribution >= 0.6 is 0 Å². The lowest BCUT2D eigenvalue weighted by Crippen LogP contribution is -2.32.